The van der Waals surface area contributed by atoms with Crippen LogP contribution in [0.15, 0.2) is 0 Å². The first-order valence-corrected chi connectivity index (χ1v) is 9.85. The largest absolute Gasteiger partial charge is 0.331 e. The Balaban J connectivity index is 1.50. The van der Waals surface area contributed by atoms with Crippen molar-refractivity contribution in [2.45, 2.75) is 71.1 Å². The first-order valence-electron chi connectivity index (χ1n) is 9.85. The van der Waals surface area contributed by atoms with Gasteiger partial charge < -0.3 is 10.2 Å². The summed E-state index contributed by atoms with van der Waals surface area (Å²) >= 11 is 0. The van der Waals surface area contributed by atoms with Gasteiger partial charge >= 0.3 is 0 Å². The molecule has 6 nitrogen and oxygen atoms in total. The molecule has 0 spiro atoms. The van der Waals surface area contributed by atoms with E-state index in [0.717, 1.165) is 0 Å². The lowest BCUT2D eigenvalue weighted by Gasteiger charge is -2.33. The van der Waals surface area contributed by atoms with Gasteiger partial charge in [0.25, 0.3) is 0 Å². The Labute approximate surface area is 147 Å². The molecule has 3 fully saturated rings. The van der Waals surface area contributed by atoms with Gasteiger partial charge in [-0.3, -0.25) is 15.1 Å². The second-order valence-electron chi connectivity index (χ2n) is 9.53. The fraction of sp³-hybridized carbons (Fsp3) is 1.00. The quantitative estimate of drug-likeness (QED) is 0.514. The maximum Gasteiger partial charge on any atom is 0.183 e. The van der Waals surface area contributed by atoms with Crippen molar-refractivity contribution in [3.05, 3.63) is 0 Å². The van der Waals surface area contributed by atoms with E-state index < -0.39 is 0 Å². The Kier molecular flexibility index (Phi) is 5.84. The number of likely N-dealkylation sites (tertiary alicyclic amines) is 1. The molecule has 6 atom stereocenters. The maximum atomic E-state index is 6.02. The molecule has 3 rings (SSSR count). The Morgan fingerprint density at radius 3 is 2.62 bits per heavy atom. The van der Waals surface area contributed by atoms with Crippen molar-refractivity contribution in [2.24, 2.45) is 11.3 Å². The topological polar surface area (TPSA) is 57.6 Å². The first kappa shape index (κ1) is 18.5. The van der Waals surface area contributed by atoms with Crippen molar-refractivity contribution in [3.8, 4) is 0 Å². The van der Waals surface area contributed by atoms with Gasteiger partial charge in [-0.15, -0.1) is 0 Å². The molecule has 0 amide bonds. The van der Waals surface area contributed by atoms with Crippen LogP contribution in [0, 0.1) is 11.3 Å². The predicted molar refractivity (Wildman–Crippen MR) is 95.1 cm³/mol. The molecule has 0 bridgehead atoms. The summed E-state index contributed by atoms with van der Waals surface area (Å²) in [6, 6.07) is 0.587. The minimum absolute atomic E-state index is 0.168. The van der Waals surface area contributed by atoms with E-state index in [1.54, 1.807) is 4.90 Å². The Bertz CT molecular complexity index is 403. The summed E-state index contributed by atoms with van der Waals surface area (Å²) in [7, 11) is 4.36. The van der Waals surface area contributed by atoms with E-state index in [2.05, 4.69) is 55.9 Å². The van der Waals surface area contributed by atoms with Crippen molar-refractivity contribution in [1.82, 2.24) is 15.7 Å². The van der Waals surface area contributed by atoms with Crippen LogP contribution < -0.4 is 21.0 Å². The Hall–Kier alpha value is -0.240. The second kappa shape index (κ2) is 7.56. The number of nitrogens with two attached hydrogens (primary N) is 1. The van der Waals surface area contributed by atoms with Gasteiger partial charge in [0.2, 0.25) is 0 Å². The Morgan fingerprint density at radius 2 is 2.00 bits per heavy atom. The van der Waals surface area contributed by atoms with E-state index in [0.29, 0.717) is 29.7 Å². The lowest BCUT2D eigenvalue weighted by atomic mass is 9.94. The van der Waals surface area contributed by atoms with Crippen LogP contribution >= 0.6 is 0 Å². The zero-order valence-electron chi connectivity index (χ0n) is 16.3. The van der Waals surface area contributed by atoms with Gasteiger partial charge in [-0.25, -0.2) is 0 Å². The SMILES string of the molecule is CN(C)C1CCC(C2NOC([C@@H]3CCC[NH+]3CC(C)(C)C)N2)C[NH2+]1. The molecule has 3 heterocycles. The smallest absolute Gasteiger partial charge is 0.183 e. The molecule has 3 saturated heterocycles. The molecule has 24 heavy (non-hydrogen) atoms. The highest BCUT2D eigenvalue weighted by molar-refractivity contribution is 4.84. The fourth-order valence-electron chi connectivity index (χ4n) is 4.75. The third-order valence-corrected chi connectivity index (χ3v) is 6.00. The summed E-state index contributed by atoms with van der Waals surface area (Å²) in [4.78, 5) is 10.1. The fourth-order valence-corrected chi connectivity index (χ4v) is 4.75. The number of hydrogen-bond acceptors (Lipinski definition) is 4. The molecule has 0 aromatic rings. The maximum absolute atomic E-state index is 6.02. The molecule has 0 saturated carbocycles. The molecule has 0 aliphatic carbocycles. The Morgan fingerprint density at radius 1 is 1.21 bits per heavy atom. The van der Waals surface area contributed by atoms with E-state index in [-0.39, 0.29) is 6.23 Å². The number of nitrogens with zero attached hydrogens (tertiary/aromatic N) is 1. The van der Waals surface area contributed by atoms with Crippen molar-refractivity contribution in [1.29, 1.82) is 0 Å². The molecule has 0 aromatic carbocycles. The van der Waals surface area contributed by atoms with E-state index in [1.807, 2.05) is 0 Å². The minimum Gasteiger partial charge on any atom is -0.331 e. The monoisotopic (exact) mass is 341 g/mol. The molecule has 140 valence electrons. The van der Waals surface area contributed by atoms with E-state index in [9.17, 15) is 0 Å². The van der Waals surface area contributed by atoms with Crippen molar-refractivity contribution in [2.75, 3.05) is 33.7 Å². The number of piperidine rings is 1. The van der Waals surface area contributed by atoms with Crippen LogP contribution in [-0.2, 0) is 4.84 Å². The predicted octanol–water partition coefficient (Wildman–Crippen LogP) is -1.28. The van der Waals surface area contributed by atoms with Crippen LogP contribution in [0.2, 0.25) is 0 Å². The number of hydrogen-bond donors (Lipinski definition) is 4. The standard InChI is InChI=1S/C18H37N5O/c1-18(2,3)12-23-10-6-7-14(23)17-20-16(21-24-17)13-8-9-15(19-11-13)22(4)5/h13-17,19-21H,6-12H2,1-5H3/p+2/t13?,14-,15?,16?,17?/m0/s1. The van der Waals surface area contributed by atoms with Gasteiger partial charge in [-0.05, 0) is 20.5 Å². The highest BCUT2D eigenvalue weighted by Gasteiger charge is 2.44. The van der Waals surface area contributed by atoms with Crippen molar-refractivity contribution in [3.63, 3.8) is 0 Å². The third-order valence-electron chi connectivity index (χ3n) is 6.00. The summed E-state index contributed by atoms with van der Waals surface area (Å²) in [5.41, 5.74) is 3.70. The van der Waals surface area contributed by atoms with E-state index in [1.165, 1.54) is 45.3 Å². The van der Waals surface area contributed by atoms with Crippen molar-refractivity contribution >= 4 is 0 Å². The highest BCUT2D eigenvalue weighted by Crippen LogP contribution is 2.20. The molecular weight excluding hydrogens is 302 g/mol. The van der Waals surface area contributed by atoms with Crippen LogP contribution in [0.3, 0.4) is 0 Å². The summed E-state index contributed by atoms with van der Waals surface area (Å²) < 4.78 is 0. The minimum atomic E-state index is 0.168. The lowest BCUT2D eigenvalue weighted by molar-refractivity contribution is -0.922. The molecule has 0 radical (unpaired) electrons. The van der Waals surface area contributed by atoms with Gasteiger partial charge in [0.05, 0.1) is 25.8 Å². The van der Waals surface area contributed by atoms with Gasteiger partial charge in [0, 0.05) is 30.6 Å². The average molecular weight is 342 g/mol. The zero-order valence-corrected chi connectivity index (χ0v) is 16.3. The molecule has 0 aromatic heterocycles. The molecule has 6 heteroatoms. The van der Waals surface area contributed by atoms with Gasteiger partial charge in [-0.2, -0.15) is 5.48 Å². The van der Waals surface area contributed by atoms with Crippen LogP contribution in [0.4, 0.5) is 0 Å². The summed E-state index contributed by atoms with van der Waals surface area (Å²) in [5.74, 6) is 0.652. The van der Waals surface area contributed by atoms with Gasteiger partial charge in [0.1, 0.15) is 12.2 Å². The molecule has 5 unspecified atom stereocenters. The molecule has 3 aliphatic heterocycles. The van der Waals surface area contributed by atoms with Crippen LogP contribution in [-0.4, -0.2) is 63.2 Å². The first-order chi connectivity index (χ1) is 11.3. The molecule has 5 N–H and O–H groups in total. The average Bonchev–Trinajstić information content (AvgIpc) is 3.14. The lowest BCUT2D eigenvalue weighted by Crippen LogP contribution is -3.16. The molecule has 3 aliphatic rings. The van der Waals surface area contributed by atoms with E-state index in [4.69, 9.17) is 4.84 Å². The zero-order chi connectivity index (χ0) is 17.3. The highest BCUT2D eigenvalue weighted by atomic mass is 16.7. The summed E-state index contributed by atoms with van der Waals surface area (Å²) in [5, 5.41) is 6.26. The van der Waals surface area contributed by atoms with Crippen LogP contribution in [0.1, 0.15) is 46.5 Å². The van der Waals surface area contributed by atoms with Gasteiger partial charge in [0.15, 0.2) is 6.23 Å². The number of hydroxylamine groups is 1. The summed E-state index contributed by atoms with van der Waals surface area (Å²) in [6.07, 6.45) is 6.24. The van der Waals surface area contributed by atoms with Crippen LogP contribution in [0.25, 0.3) is 0 Å². The van der Waals surface area contributed by atoms with Crippen molar-refractivity contribution < 1.29 is 15.1 Å². The molecular formula is C18H39N5O+2. The number of nitrogens with one attached hydrogen (secondary N) is 3. The van der Waals surface area contributed by atoms with E-state index >= 15 is 0 Å². The van der Waals surface area contributed by atoms with Crippen LogP contribution in [0.5, 0.6) is 0 Å². The third kappa shape index (κ3) is 4.48. The normalized spacial score (nSPS) is 41.2. The second-order valence-corrected chi connectivity index (χ2v) is 9.53. The number of quaternary nitrogens is 2. The number of rotatable bonds is 4. The van der Waals surface area contributed by atoms with Gasteiger partial charge in [-0.1, -0.05) is 20.8 Å². The summed E-state index contributed by atoms with van der Waals surface area (Å²) in [6.45, 7) is 10.7.